The van der Waals surface area contributed by atoms with Crippen molar-refractivity contribution in [1.82, 2.24) is 15.3 Å². The van der Waals surface area contributed by atoms with Gasteiger partial charge in [0.05, 0.1) is 12.2 Å². The molecule has 0 saturated carbocycles. The van der Waals surface area contributed by atoms with Crippen LogP contribution in [0.3, 0.4) is 0 Å². The van der Waals surface area contributed by atoms with Gasteiger partial charge in [0.15, 0.2) is 0 Å². The van der Waals surface area contributed by atoms with Gasteiger partial charge in [0.25, 0.3) is 0 Å². The standard InChI is InChI=1S/C27H43N3OS/c1-2-3-4-5-6-7-8-9-10-11-12-13-14-15-16-19-26(31)29-22-25-23-32-27(30-25)24-18-17-20-28-21-24/h17-18,20-21,23H,2-16,19,22H2,1H3,(H,29,31). The van der Waals surface area contributed by atoms with Crippen LogP contribution in [0, 0.1) is 0 Å². The van der Waals surface area contributed by atoms with Gasteiger partial charge in [-0.1, -0.05) is 96.8 Å². The minimum Gasteiger partial charge on any atom is -0.350 e. The summed E-state index contributed by atoms with van der Waals surface area (Å²) in [6.45, 7) is 2.79. The van der Waals surface area contributed by atoms with E-state index in [0.29, 0.717) is 13.0 Å². The van der Waals surface area contributed by atoms with Crippen LogP contribution in [0.2, 0.25) is 0 Å². The van der Waals surface area contributed by atoms with Crippen LogP contribution in [0.25, 0.3) is 10.6 Å². The van der Waals surface area contributed by atoms with Crippen LogP contribution in [-0.2, 0) is 11.3 Å². The van der Waals surface area contributed by atoms with Crippen molar-refractivity contribution in [1.29, 1.82) is 0 Å². The predicted molar refractivity (Wildman–Crippen MR) is 137 cm³/mol. The van der Waals surface area contributed by atoms with Gasteiger partial charge in [-0.15, -0.1) is 11.3 Å². The second-order valence-corrected chi connectivity index (χ2v) is 9.72. The van der Waals surface area contributed by atoms with E-state index in [4.69, 9.17) is 0 Å². The maximum absolute atomic E-state index is 12.1. The Hall–Kier alpha value is -1.75. The molecule has 32 heavy (non-hydrogen) atoms. The minimum absolute atomic E-state index is 0.135. The van der Waals surface area contributed by atoms with Gasteiger partial charge in [0.1, 0.15) is 5.01 Å². The Balaban J connectivity index is 1.37. The number of carbonyl (C=O) groups is 1. The number of carbonyl (C=O) groups excluding carboxylic acids is 1. The fourth-order valence-corrected chi connectivity index (χ4v) is 4.75. The Morgan fingerprint density at radius 3 is 2.03 bits per heavy atom. The van der Waals surface area contributed by atoms with Crippen LogP contribution in [0.4, 0.5) is 0 Å². The van der Waals surface area contributed by atoms with Gasteiger partial charge in [-0.05, 0) is 18.6 Å². The third-order valence-corrected chi connectivity index (χ3v) is 6.87. The van der Waals surface area contributed by atoms with E-state index in [-0.39, 0.29) is 5.91 Å². The number of pyridine rings is 1. The average Bonchev–Trinajstić information content (AvgIpc) is 3.30. The molecular weight excluding hydrogens is 414 g/mol. The Morgan fingerprint density at radius 2 is 1.47 bits per heavy atom. The van der Waals surface area contributed by atoms with Crippen molar-refractivity contribution >= 4 is 17.2 Å². The smallest absolute Gasteiger partial charge is 0.220 e. The normalized spacial score (nSPS) is 11.0. The molecule has 0 atom stereocenters. The van der Waals surface area contributed by atoms with Crippen LogP contribution >= 0.6 is 11.3 Å². The molecule has 0 aliphatic rings. The summed E-state index contributed by atoms with van der Waals surface area (Å²) in [6, 6.07) is 3.92. The van der Waals surface area contributed by atoms with E-state index in [9.17, 15) is 4.79 Å². The average molecular weight is 458 g/mol. The summed E-state index contributed by atoms with van der Waals surface area (Å²) < 4.78 is 0. The van der Waals surface area contributed by atoms with E-state index in [1.54, 1.807) is 17.5 Å². The second-order valence-electron chi connectivity index (χ2n) is 8.86. The molecule has 1 N–H and O–H groups in total. The van der Waals surface area contributed by atoms with Gasteiger partial charge >= 0.3 is 0 Å². The maximum Gasteiger partial charge on any atom is 0.220 e. The lowest BCUT2D eigenvalue weighted by molar-refractivity contribution is -0.121. The molecule has 5 heteroatoms. The van der Waals surface area contributed by atoms with Crippen molar-refractivity contribution in [3.8, 4) is 10.6 Å². The van der Waals surface area contributed by atoms with Crippen LogP contribution < -0.4 is 5.32 Å². The van der Waals surface area contributed by atoms with E-state index in [0.717, 1.165) is 29.1 Å². The van der Waals surface area contributed by atoms with E-state index >= 15 is 0 Å². The first-order chi connectivity index (χ1) is 15.8. The number of hydrogen-bond acceptors (Lipinski definition) is 4. The first-order valence-corrected chi connectivity index (χ1v) is 13.8. The third kappa shape index (κ3) is 12.3. The molecule has 0 unspecified atom stereocenters. The van der Waals surface area contributed by atoms with Gasteiger partial charge in [-0.2, -0.15) is 0 Å². The van der Waals surface area contributed by atoms with Crippen LogP contribution in [0.5, 0.6) is 0 Å². The predicted octanol–water partition coefficient (Wildman–Crippen LogP) is 8.08. The summed E-state index contributed by atoms with van der Waals surface area (Å²) in [5.74, 6) is 0.135. The zero-order valence-electron chi connectivity index (χ0n) is 20.1. The second kappa shape index (κ2) is 17.8. The summed E-state index contributed by atoms with van der Waals surface area (Å²) in [4.78, 5) is 20.8. The number of aromatic nitrogens is 2. The van der Waals surface area contributed by atoms with Crippen LogP contribution in [-0.4, -0.2) is 15.9 Å². The van der Waals surface area contributed by atoms with E-state index in [1.807, 2.05) is 23.7 Å². The summed E-state index contributed by atoms with van der Waals surface area (Å²) in [5.41, 5.74) is 1.94. The lowest BCUT2D eigenvalue weighted by atomic mass is 10.0. The molecule has 0 spiro atoms. The number of unbranched alkanes of at least 4 members (excludes halogenated alkanes) is 14. The van der Waals surface area contributed by atoms with E-state index in [1.165, 1.54) is 83.5 Å². The fraction of sp³-hybridized carbons (Fsp3) is 0.667. The molecule has 0 aliphatic heterocycles. The molecule has 2 rings (SSSR count). The molecule has 4 nitrogen and oxygen atoms in total. The highest BCUT2D eigenvalue weighted by molar-refractivity contribution is 7.13. The largest absolute Gasteiger partial charge is 0.350 e. The summed E-state index contributed by atoms with van der Waals surface area (Å²) in [6.07, 6.45) is 24.4. The van der Waals surface area contributed by atoms with Crippen molar-refractivity contribution < 1.29 is 4.79 Å². The lowest BCUT2D eigenvalue weighted by Gasteiger charge is -2.04. The molecule has 0 bridgehead atoms. The van der Waals surface area contributed by atoms with Gasteiger partial charge in [-0.3, -0.25) is 9.78 Å². The number of nitrogens with one attached hydrogen (secondary N) is 1. The highest BCUT2D eigenvalue weighted by atomic mass is 32.1. The zero-order valence-corrected chi connectivity index (χ0v) is 20.9. The highest BCUT2D eigenvalue weighted by Crippen LogP contribution is 2.22. The lowest BCUT2D eigenvalue weighted by Crippen LogP contribution is -2.22. The Labute approximate surface area is 199 Å². The first-order valence-electron chi connectivity index (χ1n) is 12.9. The maximum atomic E-state index is 12.1. The number of thiazole rings is 1. The molecule has 1 amide bonds. The molecule has 0 fully saturated rings. The summed E-state index contributed by atoms with van der Waals surface area (Å²) in [7, 11) is 0. The van der Waals surface area contributed by atoms with Crippen molar-refractivity contribution in [2.45, 2.75) is 116 Å². The highest BCUT2D eigenvalue weighted by Gasteiger charge is 2.06. The molecule has 178 valence electrons. The molecule has 2 heterocycles. The Kier molecular flexibility index (Phi) is 14.7. The quantitative estimate of drug-likeness (QED) is 0.217. The Bertz CT molecular complexity index is 717. The molecule has 2 aromatic heterocycles. The molecule has 0 saturated heterocycles. The molecule has 0 aliphatic carbocycles. The van der Waals surface area contributed by atoms with Crippen molar-refractivity contribution in [2.24, 2.45) is 0 Å². The number of rotatable bonds is 19. The van der Waals surface area contributed by atoms with Crippen molar-refractivity contribution in [3.63, 3.8) is 0 Å². The zero-order chi connectivity index (χ0) is 22.7. The SMILES string of the molecule is CCCCCCCCCCCCCCCCCC(=O)NCc1csc(-c2cccnc2)n1. The molecular formula is C27H43N3OS. The first kappa shape index (κ1) is 26.5. The fourth-order valence-electron chi connectivity index (χ4n) is 3.94. The third-order valence-electron chi connectivity index (χ3n) is 5.93. The van der Waals surface area contributed by atoms with Crippen LogP contribution in [0.1, 0.15) is 115 Å². The van der Waals surface area contributed by atoms with E-state index < -0.39 is 0 Å². The molecule has 0 radical (unpaired) electrons. The minimum atomic E-state index is 0.135. The summed E-state index contributed by atoms with van der Waals surface area (Å²) >= 11 is 1.59. The van der Waals surface area contributed by atoms with Crippen molar-refractivity contribution in [2.75, 3.05) is 0 Å². The molecule has 0 aromatic carbocycles. The van der Waals surface area contributed by atoms with Crippen molar-refractivity contribution in [3.05, 3.63) is 35.6 Å². The Morgan fingerprint density at radius 1 is 0.875 bits per heavy atom. The molecule has 2 aromatic rings. The van der Waals surface area contributed by atoms with E-state index in [2.05, 4.69) is 22.2 Å². The van der Waals surface area contributed by atoms with Gasteiger partial charge in [0, 0.05) is 29.8 Å². The van der Waals surface area contributed by atoms with Crippen LogP contribution in [0.15, 0.2) is 29.9 Å². The van der Waals surface area contributed by atoms with Gasteiger partial charge < -0.3 is 5.32 Å². The number of hydrogen-bond donors (Lipinski definition) is 1. The van der Waals surface area contributed by atoms with Gasteiger partial charge in [-0.25, -0.2) is 4.98 Å². The van der Waals surface area contributed by atoms with Gasteiger partial charge in [0.2, 0.25) is 5.91 Å². The summed E-state index contributed by atoms with van der Waals surface area (Å²) in [5, 5.41) is 5.96. The monoisotopic (exact) mass is 457 g/mol. The number of nitrogens with zero attached hydrogens (tertiary/aromatic N) is 2. The topological polar surface area (TPSA) is 54.9 Å². The number of amides is 1.